The average Bonchev–Trinajstić information content (AvgIpc) is 2.25. The van der Waals surface area contributed by atoms with Crippen molar-refractivity contribution in [1.29, 1.82) is 0 Å². The lowest BCUT2D eigenvalue weighted by atomic mass is 10.1. The minimum Gasteiger partial charge on any atom is -0.381 e. The summed E-state index contributed by atoms with van der Waals surface area (Å²) in [5.74, 6) is 0. The van der Waals surface area contributed by atoms with Crippen molar-refractivity contribution in [1.82, 2.24) is 0 Å². The molecule has 0 bridgehead atoms. The number of hydrogen-bond acceptors (Lipinski definition) is 1. The van der Waals surface area contributed by atoms with Gasteiger partial charge in [0.1, 0.15) is 0 Å². The Kier molecular flexibility index (Phi) is 7.72. The van der Waals surface area contributed by atoms with Gasteiger partial charge in [0.2, 0.25) is 0 Å². The molecule has 0 aromatic heterocycles. The van der Waals surface area contributed by atoms with Crippen molar-refractivity contribution >= 4 is 7.92 Å². The van der Waals surface area contributed by atoms with Crippen LogP contribution < -0.4 is 0 Å². The Hall–Kier alpha value is 0.390. The highest BCUT2D eigenvalue weighted by atomic mass is 31.1. The molecule has 1 aliphatic rings. The zero-order valence-corrected chi connectivity index (χ0v) is 10.5. The van der Waals surface area contributed by atoms with E-state index in [1.807, 2.05) is 0 Å². The molecule has 2 heteroatoms. The van der Waals surface area contributed by atoms with Crippen LogP contribution in [0.4, 0.5) is 0 Å². The van der Waals surface area contributed by atoms with E-state index in [4.69, 9.17) is 4.74 Å². The maximum absolute atomic E-state index is 5.38. The molecule has 1 saturated heterocycles. The molecule has 0 aliphatic carbocycles. The average molecular weight is 216 g/mol. The van der Waals surface area contributed by atoms with Crippen LogP contribution in [0.3, 0.4) is 0 Å². The molecule has 1 nitrogen and oxygen atoms in total. The van der Waals surface area contributed by atoms with Gasteiger partial charge in [-0.3, -0.25) is 0 Å². The minimum atomic E-state index is 0.379. The van der Waals surface area contributed by atoms with Crippen LogP contribution in [0, 0.1) is 0 Å². The lowest BCUT2D eigenvalue weighted by Gasteiger charge is -2.22. The van der Waals surface area contributed by atoms with Gasteiger partial charge in [0.05, 0.1) is 13.2 Å². The first-order valence-corrected chi connectivity index (χ1v) is 8.13. The van der Waals surface area contributed by atoms with E-state index in [0.29, 0.717) is 7.92 Å². The van der Waals surface area contributed by atoms with E-state index in [1.165, 1.54) is 57.0 Å². The third-order valence-corrected chi connectivity index (χ3v) is 5.51. The molecule has 84 valence electrons. The summed E-state index contributed by atoms with van der Waals surface area (Å²) in [6, 6.07) is 0. The van der Waals surface area contributed by atoms with Gasteiger partial charge in [0.15, 0.2) is 0 Å². The predicted molar refractivity (Wildman–Crippen MR) is 65.7 cm³/mol. The van der Waals surface area contributed by atoms with Crippen LogP contribution in [0.1, 0.15) is 45.4 Å². The van der Waals surface area contributed by atoms with E-state index in [2.05, 4.69) is 6.92 Å². The van der Waals surface area contributed by atoms with Crippen molar-refractivity contribution in [3.63, 3.8) is 0 Å². The quantitative estimate of drug-likeness (QED) is 0.464. The highest BCUT2D eigenvalue weighted by Gasteiger charge is 2.11. The summed E-state index contributed by atoms with van der Waals surface area (Å²) in [4.78, 5) is 0. The van der Waals surface area contributed by atoms with Crippen LogP contribution in [0.2, 0.25) is 0 Å². The second-order valence-electron chi connectivity index (χ2n) is 4.22. The summed E-state index contributed by atoms with van der Waals surface area (Å²) in [6.45, 7) is 4.37. The smallest absolute Gasteiger partial charge is 0.0505 e. The summed E-state index contributed by atoms with van der Waals surface area (Å²) < 4.78 is 5.38. The van der Waals surface area contributed by atoms with Crippen molar-refractivity contribution in [2.24, 2.45) is 0 Å². The van der Waals surface area contributed by atoms with Crippen molar-refractivity contribution in [2.45, 2.75) is 45.4 Å². The number of ether oxygens (including phenoxy) is 1. The van der Waals surface area contributed by atoms with E-state index in [-0.39, 0.29) is 0 Å². The van der Waals surface area contributed by atoms with Crippen LogP contribution >= 0.6 is 7.92 Å². The second-order valence-corrected chi connectivity index (χ2v) is 6.91. The Bertz CT molecular complexity index is 121. The molecule has 0 unspecified atom stereocenters. The van der Waals surface area contributed by atoms with Crippen molar-refractivity contribution in [2.75, 3.05) is 31.7 Å². The Labute approximate surface area is 90.4 Å². The molecule has 0 N–H and O–H groups in total. The summed E-state index contributed by atoms with van der Waals surface area (Å²) in [5, 5.41) is 0. The fraction of sp³-hybridized carbons (Fsp3) is 1.00. The van der Waals surface area contributed by atoms with Gasteiger partial charge in [-0.25, -0.2) is 0 Å². The van der Waals surface area contributed by atoms with Crippen LogP contribution in [0.15, 0.2) is 0 Å². The first-order valence-electron chi connectivity index (χ1n) is 6.23. The van der Waals surface area contributed by atoms with Gasteiger partial charge in [-0.1, -0.05) is 39.0 Å². The SMILES string of the molecule is CCCCCCCCP1CCOCC1. The lowest BCUT2D eigenvalue weighted by Crippen LogP contribution is -2.13. The third-order valence-electron chi connectivity index (χ3n) is 2.93. The summed E-state index contributed by atoms with van der Waals surface area (Å²) in [6.07, 6.45) is 13.0. The molecule has 1 aliphatic heterocycles. The summed E-state index contributed by atoms with van der Waals surface area (Å²) in [5.41, 5.74) is 0. The third kappa shape index (κ3) is 5.98. The Balaban J connectivity index is 1.82. The molecular formula is C12H25OP. The second kappa shape index (κ2) is 8.68. The van der Waals surface area contributed by atoms with Gasteiger partial charge in [-0.05, 0) is 24.9 Å². The Morgan fingerprint density at radius 2 is 1.57 bits per heavy atom. The topological polar surface area (TPSA) is 9.23 Å². The summed E-state index contributed by atoms with van der Waals surface area (Å²) >= 11 is 0. The standard InChI is InChI=1S/C12H25OP/c1-2-3-4-5-6-7-10-14-11-8-13-9-12-14/h2-12H2,1H3. The van der Waals surface area contributed by atoms with Crippen molar-refractivity contribution in [3.8, 4) is 0 Å². The molecule has 14 heavy (non-hydrogen) atoms. The molecule has 0 saturated carbocycles. The molecule has 1 rings (SSSR count). The molecule has 0 aromatic carbocycles. The number of rotatable bonds is 7. The Morgan fingerprint density at radius 3 is 2.29 bits per heavy atom. The van der Waals surface area contributed by atoms with Crippen LogP contribution in [-0.4, -0.2) is 31.7 Å². The van der Waals surface area contributed by atoms with Gasteiger partial charge in [-0.2, -0.15) is 0 Å². The molecule has 0 atom stereocenters. The van der Waals surface area contributed by atoms with Crippen LogP contribution in [0.5, 0.6) is 0 Å². The zero-order valence-electron chi connectivity index (χ0n) is 9.63. The van der Waals surface area contributed by atoms with E-state index in [1.54, 1.807) is 0 Å². The molecule has 1 fully saturated rings. The van der Waals surface area contributed by atoms with Gasteiger partial charge in [0.25, 0.3) is 0 Å². The zero-order chi connectivity index (χ0) is 10.1. The lowest BCUT2D eigenvalue weighted by molar-refractivity contribution is 0.158. The van der Waals surface area contributed by atoms with Crippen molar-refractivity contribution in [3.05, 3.63) is 0 Å². The van der Waals surface area contributed by atoms with Crippen molar-refractivity contribution < 1.29 is 4.74 Å². The number of hydrogen-bond donors (Lipinski definition) is 0. The van der Waals surface area contributed by atoms with Gasteiger partial charge in [-0.15, -0.1) is 7.92 Å². The minimum absolute atomic E-state index is 0.379. The normalized spacial score (nSPS) is 18.6. The summed E-state index contributed by atoms with van der Waals surface area (Å²) in [7, 11) is 0.379. The first kappa shape index (κ1) is 12.5. The van der Waals surface area contributed by atoms with Crippen LogP contribution in [0.25, 0.3) is 0 Å². The van der Waals surface area contributed by atoms with E-state index >= 15 is 0 Å². The Morgan fingerprint density at radius 1 is 0.929 bits per heavy atom. The molecule has 0 aromatic rings. The highest BCUT2D eigenvalue weighted by Crippen LogP contribution is 2.38. The predicted octanol–water partition coefficient (Wildman–Crippen LogP) is 3.86. The van der Waals surface area contributed by atoms with Crippen LogP contribution in [-0.2, 0) is 4.74 Å². The first-order chi connectivity index (χ1) is 6.93. The fourth-order valence-electron chi connectivity index (χ4n) is 1.94. The molecule has 0 spiro atoms. The largest absolute Gasteiger partial charge is 0.381 e. The molecule has 1 heterocycles. The van der Waals surface area contributed by atoms with Gasteiger partial charge >= 0.3 is 0 Å². The molecule has 0 amide bonds. The fourth-order valence-corrected chi connectivity index (χ4v) is 4.06. The molecule has 0 radical (unpaired) electrons. The highest BCUT2D eigenvalue weighted by molar-refractivity contribution is 7.57. The van der Waals surface area contributed by atoms with Gasteiger partial charge in [0, 0.05) is 0 Å². The number of unbranched alkanes of at least 4 members (excludes halogenated alkanes) is 5. The van der Waals surface area contributed by atoms with Gasteiger partial charge < -0.3 is 4.74 Å². The maximum atomic E-state index is 5.38. The maximum Gasteiger partial charge on any atom is 0.0505 e. The monoisotopic (exact) mass is 216 g/mol. The van der Waals surface area contributed by atoms with E-state index < -0.39 is 0 Å². The molecular weight excluding hydrogens is 191 g/mol. The van der Waals surface area contributed by atoms with E-state index in [9.17, 15) is 0 Å². The van der Waals surface area contributed by atoms with E-state index in [0.717, 1.165) is 13.2 Å².